The summed E-state index contributed by atoms with van der Waals surface area (Å²) in [5.74, 6) is -0.0185. The van der Waals surface area contributed by atoms with Gasteiger partial charge in [-0.3, -0.25) is 4.79 Å². The molecule has 0 aromatic heterocycles. The van der Waals surface area contributed by atoms with Gasteiger partial charge in [0.05, 0.1) is 6.61 Å². The number of aryl methyl sites for hydroxylation is 1. The Kier molecular flexibility index (Phi) is 6.39. The fourth-order valence-electron chi connectivity index (χ4n) is 1.65. The van der Waals surface area contributed by atoms with Crippen molar-refractivity contribution in [3.8, 4) is 0 Å². The van der Waals surface area contributed by atoms with E-state index in [0.717, 1.165) is 23.1 Å². The standard InChI is InChI=1S/C14H22N2O2/c1-11-5-3-6-13(12(11)2)14(17)16-8-4-9-18-10-7-15/h3,5-6H,4,7-10,15H2,1-2H3,(H,16,17). The molecule has 0 unspecified atom stereocenters. The van der Waals surface area contributed by atoms with E-state index in [1.165, 1.54) is 0 Å². The molecule has 1 rings (SSSR count). The van der Waals surface area contributed by atoms with Gasteiger partial charge in [-0.25, -0.2) is 0 Å². The minimum atomic E-state index is -0.0185. The van der Waals surface area contributed by atoms with Gasteiger partial charge in [-0.2, -0.15) is 0 Å². The molecule has 0 aliphatic rings. The number of benzene rings is 1. The highest BCUT2D eigenvalue weighted by Gasteiger charge is 2.08. The van der Waals surface area contributed by atoms with Gasteiger partial charge in [0.1, 0.15) is 0 Å². The lowest BCUT2D eigenvalue weighted by molar-refractivity contribution is 0.0942. The van der Waals surface area contributed by atoms with Crippen LogP contribution < -0.4 is 11.1 Å². The molecule has 4 heteroatoms. The third kappa shape index (κ3) is 4.47. The number of nitrogens with two attached hydrogens (primary N) is 1. The van der Waals surface area contributed by atoms with Crippen LogP contribution in [0.5, 0.6) is 0 Å². The van der Waals surface area contributed by atoms with E-state index in [-0.39, 0.29) is 5.91 Å². The molecule has 100 valence electrons. The van der Waals surface area contributed by atoms with Gasteiger partial charge in [0, 0.05) is 25.3 Å². The zero-order chi connectivity index (χ0) is 13.4. The second kappa shape index (κ2) is 7.84. The van der Waals surface area contributed by atoms with Crippen LogP contribution in [-0.2, 0) is 4.74 Å². The van der Waals surface area contributed by atoms with Crippen LogP contribution in [0.15, 0.2) is 18.2 Å². The number of carbonyl (C=O) groups is 1. The maximum absolute atomic E-state index is 11.9. The minimum absolute atomic E-state index is 0.0185. The van der Waals surface area contributed by atoms with Crippen LogP contribution in [0.3, 0.4) is 0 Å². The third-order valence-corrected chi connectivity index (χ3v) is 2.86. The summed E-state index contributed by atoms with van der Waals surface area (Å²) in [6.45, 7) is 6.34. The Bertz CT molecular complexity index is 391. The zero-order valence-electron chi connectivity index (χ0n) is 11.2. The van der Waals surface area contributed by atoms with Gasteiger partial charge in [-0.05, 0) is 37.5 Å². The molecule has 3 N–H and O–H groups in total. The van der Waals surface area contributed by atoms with E-state index in [9.17, 15) is 4.79 Å². The van der Waals surface area contributed by atoms with Crippen LogP contribution in [0.1, 0.15) is 27.9 Å². The number of ether oxygens (including phenoxy) is 1. The summed E-state index contributed by atoms with van der Waals surface area (Å²) in [5, 5.41) is 2.89. The van der Waals surface area contributed by atoms with Crippen LogP contribution in [0, 0.1) is 13.8 Å². The van der Waals surface area contributed by atoms with Crippen LogP contribution in [0.2, 0.25) is 0 Å². The van der Waals surface area contributed by atoms with E-state index in [0.29, 0.717) is 26.3 Å². The maximum atomic E-state index is 11.9. The Hall–Kier alpha value is -1.39. The fourth-order valence-corrected chi connectivity index (χ4v) is 1.65. The molecule has 0 bridgehead atoms. The van der Waals surface area contributed by atoms with Gasteiger partial charge < -0.3 is 15.8 Å². The van der Waals surface area contributed by atoms with Crippen molar-refractivity contribution in [1.82, 2.24) is 5.32 Å². The first-order chi connectivity index (χ1) is 8.66. The Labute approximate surface area is 109 Å². The highest BCUT2D eigenvalue weighted by molar-refractivity contribution is 5.95. The second-order valence-corrected chi connectivity index (χ2v) is 4.26. The molecule has 0 aliphatic carbocycles. The first-order valence-corrected chi connectivity index (χ1v) is 6.29. The Morgan fingerprint density at radius 2 is 2.11 bits per heavy atom. The molecule has 1 aromatic rings. The van der Waals surface area contributed by atoms with Crippen molar-refractivity contribution in [3.05, 3.63) is 34.9 Å². The smallest absolute Gasteiger partial charge is 0.251 e. The molecule has 1 amide bonds. The molecular formula is C14H22N2O2. The minimum Gasteiger partial charge on any atom is -0.380 e. The second-order valence-electron chi connectivity index (χ2n) is 4.26. The normalized spacial score (nSPS) is 10.4. The molecule has 0 spiro atoms. The highest BCUT2D eigenvalue weighted by Crippen LogP contribution is 2.12. The Morgan fingerprint density at radius 3 is 2.83 bits per heavy atom. The van der Waals surface area contributed by atoms with Crippen molar-refractivity contribution < 1.29 is 9.53 Å². The number of hydrogen-bond donors (Lipinski definition) is 2. The molecule has 0 radical (unpaired) electrons. The molecule has 0 fully saturated rings. The third-order valence-electron chi connectivity index (χ3n) is 2.86. The molecule has 0 saturated heterocycles. The average Bonchev–Trinajstić information content (AvgIpc) is 2.36. The summed E-state index contributed by atoms with van der Waals surface area (Å²) >= 11 is 0. The summed E-state index contributed by atoms with van der Waals surface area (Å²) in [6.07, 6.45) is 0.802. The van der Waals surface area contributed by atoms with Crippen LogP contribution in [0.4, 0.5) is 0 Å². The van der Waals surface area contributed by atoms with Crippen molar-refractivity contribution in [2.24, 2.45) is 5.73 Å². The molecule has 0 heterocycles. The van der Waals surface area contributed by atoms with Gasteiger partial charge in [0.15, 0.2) is 0 Å². The Balaban J connectivity index is 2.35. The van der Waals surface area contributed by atoms with Crippen molar-refractivity contribution in [3.63, 3.8) is 0 Å². The lowest BCUT2D eigenvalue weighted by Gasteiger charge is -2.09. The number of nitrogens with one attached hydrogen (secondary N) is 1. The monoisotopic (exact) mass is 250 g/mol. The molecule has 4 nitrogen and oxygen atoms in total. The van der Waals surface area contributed by atoms with Gasteiger partial charge in [0.2, 0.25) is 0 Å². The van der Waals surface area contributed by atoms with E-state index in [2.05, 4.69) is 5.32 Å². The summed E-state index contributed by atoms with van der Waals surface area (Å²) in [5.41, 5.74) is 8.22. The number of carbonyl (C=O) groups excluding carboxylic acids is 1. The summed E-state index contributed by atoms with van der Waals surface area (Å²) < 4.78 is 5.24. The molecular weight excluding hydrogens is 228 g/mol. The topological polar surface area (TPSA) is 64.3 Å². The van der Waals surface area contributed by atoms with Crippen molar-refractivity contribution in [2.45, 2.75) is 20.3 Å². The molecule has 1 aromatic carbocycles. The van der Waals surface area contributed by atoms with Gasteiger partial charge >= 0.3 is 0 Å². The van der Waals surface area contributed by atoms with E-state index >= 15 is 0 Å². The van der Waals surface area contributed by atoms with E-state index in [1.807, 2.05) is 32.0 Å². The zero-order valence-corrected chi connectivity index (χ0v) is 11.2. The van der Waals surface area contributed by atoms with Gasteiger partial charge in [-0.15, -0.1) is 0 Å². The SMILES string of the molecule is Cc1cccc(C(=O)NCCCOCCN)c1C. The Morgan fingerprint density at radius 1 is 1.33 bits per heavy atom. The molecule has 0 atom stereocenters. The van der Waals surface area contributed by atoms with Crippen LogP contribution in [-0.4, -0.2) is 32.2 Å². The average molecular weight is 250 g/mol. The quantitative estimate of drug-likeness (QED) is 0.719. The lowest BCUT2D eigenvalue weighted by atomic mass is 10.0. The van der Waals surface area contributed by atoms with Crippen LogP contribution >= 0.6 is 0 Å². The first kappa shape index (κ1) is 14.7. The van der Waals surface area contributed by atoms with E-state index in [4.69, 9.17) is 10.5 Å². The summed E-state index contributed by atoms with van der Waals surface area (Å²) in [4.78, 5) is 11.9. The van der Waals surface area contributed by atoms with Crippen molar-refractivity contribution >= 4 is 5.91 Å². The highest BCUT2D eigenvalue weighted by atomic mass is 16.5. The number of rotatable bonds is 7. The van der Waals surface area contributed by atoms with Crippen molar-refractivity contribution in [2.75, 3.05) is 26.3 Å². The van der Waals surface area contributed by atoms with Gasteiger partial charge in [-0.1, -0.05) is 12.1 Å². The van der Waals surface area contributed by atoms with E-state index < -0.39 is 0 Å². The molecule has 0 aliphatic heterocycles. The predicted octanol–water partition coefficient (Wildman–Crippen LogP) is 1.40. The number of hydrogen-bond acceptors (Lipinski definition) is 3. The van der Waals surface area contributed by atoms with Crippen LogP contribution in [0.25, 0.3) is 0 Å². The lowest BCUT2D eigenvalue weighted by Crippen LogP contribution is -2.26. The van der Waals surface area contributed by atoms with E-state index in [1.54, 1.807) is 0 Å². The number of amides is 1. The summed E-state index contributed by atoms with van der Waals surface area (Å²) in [7, 11) is 0. The first-order valence-electron chi connectivity index (χ1n) is 6.29. The van der Waals surface area contributed by atoms with Crippen molar-refractivity contribution in [1.29, 1.82) is 0 Å². The predicted molar refractivity (Wildman–Crippen MR) is 72.7 cm³/mol. The largest absolute Gasteiger partial charge is 0.380 e. The molecule has 18 heavy (non-hydrogen) atoms. The maximum Gasteiger partial charge on any atom is 0.251 e. The molecule has 0 saturated carbocycles. The van der Waals surface area contributed by atoms with Gasteiger partial charge in [0.25, 0.3) is 5.91 Å². The summed E-state index contributed by atoms with van der Waals surface area (Å²) in [6, 6.07) is 5.76. The fraction of sp³-hybridized carbons (Fsp3) is 0.500.